The molecule has 1 aromatic carbocycles. The second-order valence-electron chi connectivity index (χ2n) is 7.75. The van der Waals surface area contributed by atoms with E-state index in [0.717, 1.165) is 18.9 Å². The molecule has 4 unspecified atom stereocenters. The van der Waals surface area contributed by atoms with Crippen molar-refractivity contribution in [3.8, 4) is 0 Å². The fraction of sp³-hybridized carbons (Fsp3) is 0.476. The second kappa shape index (κ2) is 9.60. The highest BCUT2D eigenvalue weighted by Crippen LogP contribution is 2.27. The van der Waals surface area contributed by atoms with Gasteiger partial charge in [-0.2, -0.15) is 0 Å². The van der Waals surface area contributed by atoms with E-state index in [4.69, 9.17) is 4.74 Å². The minimum atomic E-state index is -3.70. The normalized spacial score (nSPS) is 27.5. The molecule has 2 fully saturated rings. The van der Waals surface area contributed by atoms with E-state index in [-0.39, 0.29) is 18.0 Å². The number of hydrogen-bond acceptors (Lipinski definition) is 8. The summed E-state index contributed by atoms with van der Waals surface area (Å²) in [5.41, 5.74) is 0. The summed E-state index contributed by atoms with van der Waals surface area (Å²) < 4.78 is 33.6. The molecule has 2 aromatic rings. The smallest absolute Gasteiger partial charge is 0.240 e. The first-order valence-electron chi connectivity index (χ1n) is 10.4. The van der Waals surface area contributed by atoms with Crippen LogP contribution in [0.15, 0.2) is 59.6 Å². The molecule has 0 spiro atoms. The standard InChI is InChI=1S/C21H28N4O5S/c26-15-18-21(27)20(25-12-10-24(11-13-25)19-8-4-5-9-22-19)17(30-18)14-23-31(28,29)16-6-2-1-3-7-16/h1-9,17-18,20-21,23,26-27H,10-15H2. The molecule has 0 radical (unpaired) electrons. The van der Waals surface area contributed by atoms with Gasteiger partial charge in [-0.25, -0.2) is 18.1 Å². The molecule has 168 valence electrons. The van der Waals surface area contributed by atoms with Crippen LogP contribution in [0.2, 0.25) is 0 Å². The van der Waals surface area contributed by atoms with Gasteiger partial charge in [0.05, 0.1) is 23.6 Å². The van der Waals surface area contributed by atoms with Crippen molar-refractivity contribution < 1.29 is 23.4 Å². The van der Waals surface area contributed by atoms with Gasteiger partial charge >= 0.3 is 0 Å². The Hall–Kier alpha value is -2.08. The Morgan fingerprint density at radius 2 is 1.74 bits per heavy atom. The Morgan fingerprint density at radius 1 is 1.03 bits per heavy atom. The van der Waals surface area contributed by atoms with Crippen molar-refractivity contribution >= 4 is 15.8 Å². The number of pyridine rings is 1. The number of piperazine rings is 1. The number of sulfonamides is 1. The van der Waals surface area contributed by atoms with E-state index in [1.807, 2.05) is 18.2 Å². The number of anilines is 1. The molecule has 2 aliphatic rings. The van der Waals surface area contributed by atoms with Crippen LogP contribution in [0.4, 0.5) is 5.82 Å². The summed E-state index contributed by atoms with van der Waals surface area (Å²) in [5.74, 6) is 0.908. The summed E-state index contributed by atoms with van der Waals surface area (Å²) in [4.78, 5) is 8.85. The first-order chi connectivity index (χ1) is 15.0. The van der Waals surface area contributed by atoms with Crippen LogP contribution in [-0.2, 0) is 14.8 Å². The number of aliphatic hydroxyl groups excluding tert-OH is 2. The Kier molecular flexibility index (Phi) is 6.85. The molecular weight excluding hydrogens is 420 g/mol. The molecule has 0 amide bonds. The molecule has 4 rings (SSSR count). The van der Waals surface area contributed by atoms with Crippen molar-refractivity contribution in [2.75, 3.05) is 44.2 Å². The molecule has 4 atom stereocenters. The van der Waals surface area contributed by atoms with Crippen LogP contribution in [-0.4, -0.2) is 92.2 Å². The maximum Gasteiger partial charge on any atom is 0.240 e. The molecule has 0 bridgehead atoms. The van der Waals surface area contributed by atoms with Crippen molar-refractivity contribution in [3.63, 3.8) is 0 Å². The van der Waals surface area contributed by atoms with Crippen LogP contribution < -0.4 is 9.62 Å². The van der Waals surface area contributed by atoms with Crippen LogP contribution in [0.25, 0.3) is 0 Å². The molecule has 9 nitrogen and oxygen atoms in total. The topological polar surface area (TPSA) is 115 Å². The predicted octanol–water partition coefficient (Wildman–Crippen LogP) is -0.329. The molecule has 0 aliphatic carbocycles. The van der Waals surface area contributed by atoms with Gasteiger partial charge in [0, 0.05) is 38.9 Å². The maximum absolute atomic E-state index is 12.6. The third-order valence-corrected chi connectivity index (χ3v) is 7.32. The van der Waals surface area contributed by atoms with Crippen LogP contribution in [0, 0.1) is 0 Å². The van der Waals surface area contributed by atoms with Crippen LogP contribution in [0.3, 0.4) is 0 Å². The van der Waals surface area contributed by atoms with Crippen LogP contribution >= 0.6 is 0 Å². The van der Waals surface area contributed by atoms with Crippen LogP contribution in [0.1, 0.15) is 0 Å². The van der Waals surface area contributed by atoms with Gasteiger partial charge in [-0.05, 0) is 24.3 Å². The van der Waals surface area contributed by atoms with Gasteiger partial charge in [-0.3, -0.25) is 4.90 Å². The Morgan fingerprint density at radius 3 is 2.39 bits per heavy atom. The van der Waals surface area contributed by atoms with Gasteiger partial charge in [0.15, 0.2) is 0 Å². The summed E-state index contributed by atoms with van der Waals surface area (Å²) in [5, 5.41) is 20.4. The highest BCUT2D eigenvalue weighted by atomic mass is 32.2. The molecular formula is C21H28N4O5S. The highest BCUT2D eigenvalue weighted by Gasteiger charge is 2.47. The number of rotatable bonds is 7. The predicted molar refractivity (Wildman–Crippen MR) is 115 cm³/mol. The molecule has 3 N–H and O–H groups in total. The molecule has 2 aliphatic heterocycles. The van der Waals surface area contributed by atoms with E-state index >= 15 is 0 Å². The van der Waals surface area contributed by atoms with Crippen molar-refractivity contribution in [3.05, 3.63) is 54.7 Å². The summed E-state index contributed by atoms with van der Waals surface area (Å²) in [6, 6.07) is 13.5. The number of aliphatic hydroxyl groups is 2. The number of aromatic nitrogens is 1. The lowest BCUT2D eigenvalue weighted by atomic mass is 10.0. The van der Waals surface area contributed by atoms with E-state index in [1.54, 1.807) is 24.4 Å². The fourth-order valence-electron chi connectivity index (χ4n) is 4.26. The largest absolute Gasteiger partial charge is 0.394 e. The molecule has 1 aromatic heterocycles. The minimum absolute atomic E-state index is 0.00983. The summed E-state index contributed by atoms with van der Waals surface area (Å²) in [6.07, 6.45) is -0.466. The fourth-order valence-corrected chi connectivity index (χ4v) is 5.33. The first kappa shape index (κ1) is 22.1. The number of ether oxygens (including phenoxy) is 1. The molecule has 2 saturated heterocycles. The van der Waals surface area contributed by atoms with Gasteiger partial charge in [-0.1, -0.05) is 24.3 Å². The highest BCUT2D eigenvalue weighted by molar-refractivity contribution is 7.89. The zero-order chi connectivity index (χ0) is 21.8. The van der Waals surface area contributed by atoms with Crippen LogP contribution in [0.5, 0.6) is 0 Å². The number of benzene rings is 1. The average Bonchev–Trinajstić information content (AvgIpc) is 3.14. The van der Waals surface area contributed by atoms with Gasteiger partial charge in [0.25, 0.3) is 0 Å². The molecule has 3 heterocycles. The maximum atomic E-state index is 12.6. The number of nitrogens with zero attached hydrogens (tertiary/aromatic N) is 3. The lowest BCUT2D eigenvalue weighted by Gasteiger charge is -2.40. The average molecular weight is 449 g/mol. The van der Waals surface area contributed by atoms with E-state index < -0.39 is 34.4 Å². The number of hydrogen-bond donors (Lipinski definition) is 3. The van der Waals surface area contributed by atoms with E-state index in [1.165, 1.54) is 12.1 Å². The lowest BCUT2D eigenvalue weighted by molar-refractivity contribution is -0.0201. The Labute approximate surface area is 182 Å². The monoisotopic (exact) mass is 448 g/mol. The van der Waals surface area contributed by atoms with Gasteiger partial charge in [0.2, 0.25) is 10.0 Å². The second-order valence-corrected chi connectivity index (χ2v) is 9.52. The quantitative estimate of drug-likeness (QED) is 0.528. The van der Waals surface area contributed by atoms with E-state index in [9.17, 15) is 18.6 Å². The van der Waals surface area contributed by atoms with Gasteiger partial charge in [0.1, 0.15) is 18.0 Å². The Balaban J connectivity index is 1.42. The zero-order valence-electron chi connectivity index (χ0n) is 17.1. The van der Waals surface area contributed by atoms with Crippen molar-refractivity contribution in [1.82, 2.24) is 14.6 Å². The third kappa shape index (κ3) is 4.89. The minimum Gasteiger partial charge on any atom is -0.394 e. The molecule has 31 heavy (non-hydrogen) atoms. The molecule has 10 heteroatoms. The summed E-state index contributed by atoms with van der Waals surface area (Å²) >= 11 is 0. The van der Waals surface area contributed by atoms with E-state index in [2.05, 4.69) is 19.5 Å². The first-order valence-corrected chi connectivity index (χ1v) is 11.9. The van der Waals surface area contributed by atoms with Gasteiger partial charge < -0.3 is 19.8 Å². The lowest BCUT2D eigenvalue weighted by Crippen LogP contribution is -2.57. The Bertz CT molecular complexity index is 939. The van der Waals surface area contributed by atoms with Crippen molar-refractivity contribution in [1.29, 1.82) is 0 Å². The zero-order valence-corrected chi connectivity index (χ0v) is 17.9. The molecule has 0 saturated carbocycles. The van der Waals surface area contributed by atoms with Crippen molar-refractivity contribution in [2.24, 2.45) is 0 Å². The number of nitrogens with one attached hydrogen (secondary N) is 1. The van der Waals surface area contributed by atoms with Crippen molar-refractivity contribution in [2.45, 2.75) is 29.2 Å². The SMILES string of the molecule is O=S(=O)(NCC1OC(CO)C(O)C1N1CCN(c2ccccn2)CC1)c1ccccc1. The summed E-state index contributed by atoms with van der Waals surface area (Å²) in [7, 11) is -3.70. The third-order valence-electron chi connectivity index (χ3n) is 5.88. The van der Waals surface area contributed by atoms with Gasteiger partial charge in [-0.15, -0.1) is 0 Å². The van der Waals surface area contributed by atoms with E-state index in [0.29, 0.717) is 13.1 Å². The summed E-state index contributed by atoms with van der Waals surface area (Å²) in [6.45, 7) is 2.48.